The molecule has 6 heterocycles. The topological polar surface area (TPSA) is 75.0 Å². The number of benzene rings is 1. The van der Waals surface area contributed by atoms with Gasteiger partial charge in [-0.15, -0.1) is 0 Å². The highest BCUT2D eigenvalue weighted by atomic mass is 19.1. The Hall–Kier alpha value is -3.50. The molecule has 218 valence electrons. The van der Waals surface area contributed by atoms with E-state index in [1.807, 2.05) is 18.3 Å². The number of aryl methyl sites for hydroxylation is 1. The molecule has 42 heavy (non-hydrogen) atoms. The van der Waals surface area contributed by atoms with E-state index in [-0.39, 0.29) is 17.2 Å². The number of fused-ring (bicyclic) bond motifs is 5. The van der Waals surface area contributed by atoms with E-state index in [9.17, 15) is 4.39 Å². The molecule has 0 radical (unpaired) electrons. The highest BCUT2D eigenvalue weighted by Gasteiger charge is 2.56. The van der Waals surface area contributed by atoms with Crippen molar-refractivity contribution < 1.29 is 8.78 Å². The van der Waals surface area contributed by atoms with Gasteiger partial charge in [0.1, 0.15) is 22.9 Å². The summed E-state index contributed by atoms with van der Waals surface area (Å²) in [6.45, 7) is 13.6. The Bertz CT molecular complexity index is 1690. The van der Waals surface area contributed by atoms with Crippen molar-refractivity contribution in [3.63, 3.8) is 0 Å². The minimum atomic E-state index is -0.607. The van der Waals surface area contributed by atoms with Crippen LogP contribution in [0.3, 0.4) is 0 Å². The zero-order chi connectivity index (χ0) is 28.9. The first kappa shape index (κ1) is 26.2. The van der Waals surface area contributed by atoms with Gasteiger partial charge >= 0.3 is 0 Å². The van der Waals surface area contributed by atoms with Gasteiger partial charge in [0, 0.05) is 67.3 Å². The summed E-state index contributed by atoms with van der Waals surface area (Å²) in [6.07, 6.45) is 7.03. The maximum absolute atomic E-state index is 15.2. The lowest BCUT2D eigenvalue weighted by Crippen LogP contribution is -2.34. The van der Waals surface area contributed by atoms with Gasteiger partial charge in [0.2, 0.25) is 5.95 Å². The van der Waals surface area contributed by atoms with Crippen LogP contribution in [0.15, 0.2) is 36.7 Å². The van der Waals surface area contributed by atoms with Gasteiger partial charge in [-0.05, 0) is 49.6 Å². The molecule has 4 aromatic rings. The average molecular weight is 571 g/mol. The monoisotopic (exact) mass is 570 g/mol. The fourth-order valence-electron chi connectivity index (χ4n) is 7.97. The first-order chi connectivity index (χ1) is 20.2. The summed E-state index contributed by atoms with van der Waals surface area (Å²) >= 11 is 0. The molecule has 0 amide bonds. The maximum Gasteiger partial charge on any atom is 0.229 e. The van der Waals surface area contributed by atoms with Crippen molar-refractivity contribution >= 4 is 22.8 Å². The molecule has 8 nitrogen and oxygen atoms in total. The van der Waals surface area contributed by atoms with E-state index in [1.54, 1.807) is 0 Å². The summed E-state index contributed by atoms with van der Waals surface area (Å²) < 4.78 is 32.4. The average Bonchev–Trinajstić information content (AvgIpc) is 3.28. The Kier molecular flexibility index (Phi) is 5.60. The summed E-state index contributed by atoms with van der Waals surface area (Å²) in [5.41, 5.74) is 3.30. The highest BCUT2D eigenvalue weighted by Crippen LogP contribution is 2.54. The molecule has 3 aliphatic heterocycles. The molecule has 1 N–H and O–H groups in total. The van der Waals surface area contributed by atoms with Crippen molar-refractivity contribution in [3.8, 4) is 11.3 Å². The van der Waals surface area contributed by atoms with Crippen molar-refractivity contribution in [2.75, 3.05) is 38.0 Å². The van der Waals surface area contributed by atoms with Gasteiger partial charge in [-0.3, -0.25) is 4.90 Å². The number of likely N-dealkylation sites (tertiary alicyclic amines) is 2. The van der Waals surface area contributed by atoms with Gasteiger partial charge in [-0.25, -0.2) is 28.7 Å². The lowest BCUT2D eigenvalue weighted by atomic mass is 9.71. The smallest absolute Gasteiger partial charge is 0.229 e. The zero-order valence-electron chi connectivity index (χ0n) is 24.4. The van der Waals surface area contributed by atoms with Crippen LogP contribution in [0, 0.1) is 22.5 Å². The fourth-order valence-corrected chi connectivity index (χ4v) is 7.97. The summed E-state index contributed by atoms with van der Waals surface area (Å²) in [4.78, 5) is 22.8. The standard InChI is InChI=1S/C32H36F2N8/c1-4-40-16-30(2)18-41(19-31(30,3)17-40)15-20-5-6-25(35-13-20)37-29-36-14-23(34)27(39-29)21-11-22(33)28-24(12-21)42-26(38-28)7-8-32(42)9-10-32/h5-6,11-14H,4,7-10,15-19H2,1-3H3,(H,35,36,37,39). The second-order valence-electron chi connectivity index (χ2n) is 13.6. The van der Waals surface area contributed by atoms with E-state index in [4.69, 9.17) is 0 Å². The second-order valence-corrected chi connectivity index (χ2v) is 13.6. The molecule has 2 saturated heterocycles. The number of hydrogen-bond acceptors (Lipinski definition) is 7. The van der Waals surface area contributed by atoms with Crippen LogP contribution in [0.2, 0.25) is 0 Å². The number of imidazole rings is 1. The fraction of sp³-hybridized carbons (Fsp3) is 0.500. The Morgan fingerprint density at radius 1 is 0.881 bits per heavy atom. The summed E-state index contributed by atoms with van der Waals surface area (Å²) in [7, 11) is 0. The molecule has 10 heteroatoms. The van der Waals surface area contributed by atoms with Crippen molar-refractivity contribution in [3.05, 3.63) is 59.7 Å². The van der Waals surface area contributed by atoms with E-state index < -0.39 is 11.6 Å². The van der Waals surface area contributed by atoms with Crippen LogP contribution in [-0.2, 0) is 18.5 Å². The molecule has 1 spiro atoms. The largest absolute Gasteiger partial charge is 0.322 e. The minimum Gasteiger partial charge on any atom is -0.322 e. The van der Waals surface area contributed by atoms with Crippen LogP contribution in [0.5, 0.6) is 0 Å². The van der Waals surface area contributed by atoms with Crippen LogP contribution < -0.4 is 5.32 Å². The van der Waals surface area contributed by atoms with Crippen LogP contribution in [0.4, 0.5) is 20.5 Å². The van der Waals surface area contributed by atoms with Crippen LogP contribution in [-0.4, -0.2) is 67.0 Å². The van der Waals surface area contributed by atoms with Crippen molar-refractivity contribution in [1.29, 1.82) is 0 Å². The number of nitrogens with zero attached hydrogens (tertiary/aromatic N) is 7. The van der Waals surface area contributed by atoms with Crippen LogP contribution in [0.25, 0.3) is 22.3 Å². The predicted octanol–water partition coefficient (Wildman–Crippen LogP) is 5.51. The number of anilines is 2. The van der Waals surface area contributed by atoms with E-state index in [1.165, 1.54) is 6.07 Å². The Balaban J connectivity index is 1.00. The molecule has 1 saturated carbocycles. The first-order valence-electron chi connectivity index (χ1n) is 15.1. The molecule has 3 aromatic heterocycles. The van der Waals surface area contributed by atoms with Gasteiger partial charge in [-0.1, -0.05) is 26.8 Å². The van der Waals surface area contributed by atoms with Crippen molar-refractivity contribution in [1.82, 2.24) is 34.3 Å². The Morgan fingerprint density at radius 3 is 2.33 bits per heavy atom. The number of hydrogen-bond donors (Lipinski definition) is 1. The van der Waals surface area contributed by atoms with Crippen molar-refractivity contribution in [2.24, 2.45) is 10.8 Å². The molecule has 2 atom stereocenters. The molecular weight excluding hydrogens is 534 g/mol. The summed E-state index contributed by atoms with van der Waals surface area (Å²) in [5, 5.41) is 3.10. The van der Waals surface area contributed by atoms with E-state index >= 15 is 4.39 Å². The first-order valence-corrected chi connectivity index (χ1v) is 15.1. The number of nitrogens with one attached hydrogen (secondary N) is 1. The van der Waals surface area contributed by atoms with E-state index in [0.29, 0.717) is 33.2 Å². The van der Waals surface area contributed by atoms with Gasteiger partial charge in [-0.2, -0.15) is 0 Å². The number of pyridine rings is 1. The van der Waals surface area contributed by atoms with Crippen molar-refractivity contribution in [2.45, 2.75) is 58.5 Å². The van der Waals surface area contributed by atoms with Gasteiger partial charge in [0.25, 0.3) is 0 Å². The SMILES string of the molecule is CCN1CC2(C)CN(Cc3ccc(Nc4ncc(F)c(-c5cc(F)c6nc7n(c6c5)C5(CC7)CC5)n4)nc3)CC2(C)C1. The molecule has 0 bridgehead atoms. The molecule has 1 aliphatic carbocycles. The quantitative estimate of drug-likeness (QED) is 0.328. The summed E-state index contributed by atoms with van der Waals surface area (Å²) in [5.74, 6) is 0.621. The Labute approximate surface area is 244 Å². The van der Waals surface area contributed by atoms with Crippen LogP contribution >= 0.6 is 0 Å². The molecular formula is C32H36F2N8. The molecule has 2 unspecified atom stereocenters. The van der Waals surface area contributed by atoms with Gasteiger partial charge in [0.05, 0.1) is 11.7 Å². The third kappa shape index (κ3) is 3.98. The maximum atomic E-state index is 15.2. The van der Waals surface area contributed by atoms with Gasteiger partial charge in [0.15, 0.2) is 11.6 Å². The number of rotatable bonds is 6. The highest BCUT2D eigenvalue weighted by molar-refractivity contribution is 5.83. The second kappa shape index (κ2) is 9.00. The number of halogens is 2. The molecule has 4 aliphatic rings. The number of aromatic nitrogens is 5. The lowest BCUT2D eigenvalue weighted by molar-refractivity contribution is 0.212. The summed E-state index contributed by atoms with van der Waals surface area (Å²) in [6, 6.07) is 7.10. The predicted molar refractivity (Wildman–Crippen MR) is 157 cm³/mol. The zero-order valence-corrected chi connectivity index (χ0v) is 24.4. The third-order valence-corrected chi connectivity index (χ3v) is 10.6. The van der Waals surface area contributed by atoms with E-state index in [0.717, 1.165) is 82.5 Å². The normalized spacial score (nSPS) is 26.3. The Morgan fingerprint density at radius 2 is 1.64 bits per heavy atom. The third-order valence-electron chi connectivity index (χ3n) is 10.6. The van der Waals surface area contributed by atoms with Crippen LogP contribution in [0.1, 0.15) is 51.4 Å². The molecule has 8 rings (SSSR count). The van der Waals surface area contributed by atoms with E-state index in [2.05, 4.69) is 66.5 Å². The van der Waals surface area contributed by atoms with Gasteiger partial charge < -0.3 is 14.8 Å². The molecule has 3 fully saturated rings. The lowest BCUT2D eigenvalue weighted by Gasteiger charge is -2.31. The minimum absolute atomic E-state index is 0.0477. The molecule has 1 aromatic carbocycles.